The van der Waals surface area contributed by atoms with Crippen molar-refractivity contribution in [3.8, 4) is 17.2 Å². The number of carbonyl (C=O) groups is 2. The molecule has 0 radical (unpaired) electrons. The summed E-state index contributed by atoms with van der Waals surface area (Å²) in [5, 5.41) is 21.7. The molecule has 0 spiro atoms. The van der Waals surface area contributed by atoms with E-state index in [4.69, 9.17) is 9.47 Å². The molecule has 168 valence electrons. The fourth-order valence-electron chi connectivity index (χ4n) is 4.08. The molecule has 1 unspecified atom stereocenters. The summed E-state index contributed by atoms with van der Waals surface area (Å²) in [6.07, 6.45) is 0. The number of aliphatic hydroxyl groups excluding tert-OH is 1. The summed E-state index contributed by atoms with van der Waals surface area (Å²) in [5.41, 5.74) is 1.87. The Balaban J connectivity index is 1.98. The average Bonchev–Trinajstić information content (AvgIpc) is 3.09. The minimum absolute atomic E-state index is 0.0789. The number of hydrogen-bond donors (Lipinski definition) is 2. The number of phenols is 1. The molecular weight excluding hydrogens is 422 g/mol. The number of methoxy groups -OCH3 is 2. The number of amides is 1. The Labute approximate surface area is 191 Å². The van der Waals surface area contributed by atoms with Crippen LogP contribution >= 0.6 is 0 Å². The standard InChI is InChI=1S/C26H23NO6/c1-15-8-4-5-9-17(15)23-22(24(29)16-12-13-20(32-2)21(14-16)33-3)25(30)26(31)27(23)18-10-6-7-11-19(18)28/h4-14,23,28-29H,1-3H3/b24-22+. The average molecular weight is 445 g/mol. The summed E-state index contributed by atoms with van der Waals surface area (Å²) >= 11 is 0. The summed E-state index contributed by atoms with van der Waals surface area (Å²) in [7, 11) is 2.96. The van der Waals surface area contributed by atoms with Gasteiger partial charge in [-0.3, -0.25) is 14.5 Å². The highest BCUT2D eigenvalue weighted by atomic mass is 16.5. The van der Waals surface area contributed by atoms with Crippen molar-refractivity contribution in [2.75, 3.05) is 19.1 Å². The summed E-state index contributed by atoms with van der Waals surface area (Å²) < 4.78 is 10.6. The number of hydrogen-bond acceptors (Lipinski definition) is 6. The van der Waals surface area contributed by atoms with E-state index >= 15 is 0 Å². The minimum atomic E-state index is -0.937. The highest BCUT2D eigenvalue weighted by molar-refractivity contribution is 6.52. The summed E-state index contributed by atoms with van der Waals surface area (Å²) in [6.45, 7) is 1.86. The van der Waals surface area contributed by atoms with E-state index in [2.05, 4.69) is 0 Å². The number of benzene rings is 3. The van der Waals surface area contributed by atoms with E-state index in [1.54, 1.807) is 42.5 Å². The van der Waals surface area contributed by atoms with Gasteiger partial charge in [0.1, 0.15) is 11.5 Å². The van der Waals surface area contributed by atoms with Gasteiger partial charge in [-0.25, -0.2) is 0 Å². The second-order valence-electron chi connectivity index (χ2n) is 7.58. The lowest BCUT2D eigenvalue weighted by atomic mass is 9.92. The van der Waals surface area contributed by atoms with Crippen LogP contribution in [0.25, 0.3) is 5.76 Å². The molecule has 3 aromatic rings. The molecule has 7 nitrogen and oxygen atoms in total. The van der Waals surface area contributed by atoms with E-state index in [-0.39, 0.29) is 22.8 Å². The zero-order valence-corrected chi connectivity index (χ0v) is 18.4. The van der Waals surface area contributed by atoms with Gasteiger partial charge in [0.15, 0.2) is 11.5 Å². The van der Waals surface area contributed by atoms with Crippen molar-refractivity contribution in [2.24, 2.45) is 0 Å². The normalized spacial score (nSPS) is 17.3. The molecule has 3 aromatic carbocycles. The minimum Gasteiger partial charge on any atom is -0.507 e. The third kappa shape index (κ3) is 3.67. The topological polar surface area (TPSA) is 96.3 Å². The molecule has 0 saturated carbocycles. The van der Waals surface area contributed by atoms with Crippen LogP contribution in [0.5, 0.6) is 17.2 Å². The Morgan fingerprint density at radius 1 is 0.909 bits per heavy atom. The Morgan fingerprint density at radius 2 is 1.58 bits per heavy atom. The van der Waals surface area contributed by atoms with Crippen LogP contribution in [0.4, 0.5) is 5.69 Å². The first-order valence-electron chi connectivity index (χ1n) is 10.3. The number of nitrogens with zero attached hydrogens (tertiary/aromatic N) is 1. The van der Waals surface area contributed by atoms with E-state index in [1.807, 2.05) is 19.1 Å². The van der Waals surface area contributed by atoms with Gasteiger partial charge in [0.2, 0.25) is 0 Å². The molecule has 0 aromatic heterocycles. The number of anilines is 1. The maximum Gasteiger partial charge on any atom is 0.300 e. The van der Waals surface area contributed by atoms with Crippen molar-refractivity contribution in [3.63, 3.8) is 0 Å². The molecule has 1 saturated heterocycles. The van der Waals surface area contributed by atoms with Crippen molar-refractivity contribution in [2.45, 2.75) is 13.0 Å². The zero-order chi connectivity index (χ0) is 23.7. The Morgan fingerprint density at radius 3 is 2.24 bits per heavy atom. The van der Waals surface area contributed by atoms with Crippen LogP contribution in [0.3, 0.4) is 0 Å². The lowest BCUT2D eigenvalue weighted by Gasteiger charge is -2.27. The Bertz CT molecular complexity index is 1280. The second kappa shape index (κ2) is 8.70. The van der Waals surface area contributed by atoms with Crippen molar-refractivity contribution in [1.29, 1.82) is 0 Å². The summed E-state index contributed by atoms with van der Waals surface area (Å²) in [4.78, 5) is 27.7. The van der Waals surface area contributed by atoms with Crippen LogP contribution in [-0.2, 0) is 9.59 Å². The lowest BCUT2D eigenvalue weighted by molar-refractivity contribution is -0.132. The Kier molecular flexibility index (Phi) is 5.79. The van der Waals surface area contributed by atoms with Gasteiger partial charge in [0.25, 0.3) is 11.7 Å². The molecule has 0 aliphatic carbocycles. The van der Waals surface area contributed by atoms with E-state index < -0.39 is 17.7 Å². The number of carbonyl (C=O) groups excluding carboxylic acids is 2. The van der Waals surface area contributed by atoms with Crippen molar-refractivity contribution in [1.82, 2.24) is 0 Å². The molecule has 33 heavy (non-hydrogen) atoms. The first kappa shape index (κ1) is 22.0. The third-order valence-corrected chi connectivity index (χ3v) is 5.73. The molecule has 0 bridgehead atoms. The molecule has 1 aliphatic heterocycles. The number of phenolic OH excluding ortho intramolecular Hbond substituents is 1. The maximum absolute atomic E-state index is 13.2. The molecule has 1 heterocycles. The molecule has 2 N–H and O–H groups in total. The number of ketones is 1. The number of Topliss-reactive ketones (excluding diaryl/α,β-unsaturated/α-hetero) is 1. The smallest absolute Gasteiger partial charge is 0.300 e. The van der Waals surface area contributed by atoms with Gasteiger partial charge in [-0.1, -0.05) is 36.4 Å². The number of aryl methyl sites for hydroxylation is 1. The van der Waals surface area contributed by atoms with Crippen LogP contribution < -0.4 is 14.4 Å². The Hall–Kier alpha value is -4.26. The first-order valence-corrected chi connectivity index (χ1v) is 10.3. The van der Waals surface area contributed by atoms with Gasteiger partial charge in [0.05, 0.1) is 31.5 Å². The molecule has 1 fully saturated rings. The van der Waals surface area contributed by atoms with Crippen LogP contribution in [0.15, 0.2) is 72.3 Å². The van der Waals surface area contributed by atoms with Crippen LogP contribution in [-0.4, -0.2) is 36.1 Å². The number of ether oxygens (including phenoxy) is 2. The lowest BCUT2D eigenvalue weighted by Crippen LogP contribution is -2.29. The summed E-state index contributed by atoms with van der Waals surface area (Å²) in [5.74, 6) is -1.36. The molecule has 7 heteroatoms. The molecule has 1 amide bonds. The number of aliphatic hydroxyl groups is 1. The third-order valence-electron chi connectivity index (χ3n) is 5.73. The predicted octanol–water partition coefficient (Wildman–Crippen LogP) is 4.34. The maximum atomic E-state index is 13.2. The highest BCUT2D eigenvalue weighted by Crippen LogP contribution is 2.45. The van der Waals surface area contributed by atoms with Crippen LogP contribution in [0.2, 0.25) is 0 Å². The van der Waals surface area contributed by atoms with Gasteiger partial charge in [-0.2, -0.15) is 0 Å². The number of rotatable bonds is 5. The fourth-order valence-corrected chi connectivity index (χ4v) is 4.08. The van der Waals surface area contributed by atoms with E-state index in [9.17, 15) is 19.8 Å². The monoisotopic (exact) mass is 445 g/mol. The van der Waals surface area contributed by atoms with Crippen LogP contribution in [0.1, 0.15) is 22.7 Å². The molecular formula is C26H23NO6. The fraction of sp³-hybridized carbons (Fsp3) is 0.154. The van der Waals surface area contributed by atoms with Gasteiger partial charge >= 0.3 is 0 Å². The summed E-state index contributed by atoms with van der Waals surface area (Å²) in [6, 6.07) is 17.4. The zero-order valence-electron chi connectivity index (χ0n) is 18.4. The van der Waals surface area contributed by atoms with Gasteiger partial charge in [-0.15, -0.1) is 0 Å². The number of aromatic hydroxyl groups is 1. The van der Waals surface area contributed by atoms with Crippen LogP contribution in [0, 0.1) is 6.92 Å². The van der Waals surface area contributed by atoms with Crippen molar-refractivity contribution < 1.29 is 29.3 Å². The number of para-hydroxylation sites is 2. The molecule has 4 rings (SSSR count). The van der Waals surface area contributed by atoms with Gasteiger partial charge in [-0.05, 0) is 48.4 Å². The van der Waals surface area contributed by atoms with Crippen molar-refractivity contribution >= 4 is 23.1 Å². The van der Waals surface area contributed by atoms with Gasteiger partial charge < -0.3 is 19.7 Å². The van der Waals surface area contributed by atoms with Gasteiger partial charge in [0, 0.05) is 5.56 Å². The highest BCUT2D eigenvalue weighted by Gasteiger charge is 2.48. The van der Waals surface area contributed by atoms with E-state index in [1.165, 1.54) is 31.3 Å². The predicted molar refractivity (Wildman–Crippen MR) is 124 cm³/mol. The molecule has 1 atom stereocenters. The van der Waals surface area contributed by atoms with E-state index in [0.29, 0.717) is 22.6 Å². The van der Waals surface area contributed by atoms with Crippen molar-refractivity contribution in [3.05, 3.63) is 89.0 Å². The second-order valence-corrected chi connectivity index (χ2v) is 7.58. The largest absolute Gasteiger partial charge is 0.507 e. The molecule has 1 aliphatic rings. The first-order chi connectivity index (χ1) is 15.9. The SMILES string of the molecule is COc1ccc(/C(O)=C2\C(=O)C(=O)N(c3ccccc3O)C2c2ccccc2C)cc1OC. The van der Waals surface area contributed by atoms with E-state index in [0.717, 1.165) is 5.56 Å². The quantitative estimate of drug-likeness (QED) is 0.345.